The number of hydrogen-bond donors (Lipinski definition) is 4. The molecule has 0 unspecified atom stereocenters. The summed E-state index contributed by atoms with van der Waals surface area (Å²) >= 11 is 0. The van der Waals surface area contributed by atoms with E-state index in [9.17, 15) is 19.2 Å². The average molecular weight is 485 g/mol. The Balaban J connectivity index is 1.48. The van der Waals surface area contributed by atoms with Crippen molar-refractivity contribution >= 4 is 23.6 Å². The summed E-state index contributed by atoms with van der Waals surface area (Å²) in [6.45, 7) is 0. The Labute approximate surface area is 204 Å². The Bertz CT molecular complexity index is 897. The summed E-state index contributed by atoms with van der Waals surface area (Å²) in [5, 5.41) is 0. The number of hydrogen-bond acceptors (Lipinski definition) is 6. The highest BCUT2D eigenvalue weighted by Crippen LogP contribution is 2.12. The first-order valence-corrected chi connectivity index (χ1v) is 11.4. The van der Waals surface area contributed by atoms with Crippen LogP contribution in [-0.4, -0.2) is 37.8 Å². The highest BCUT2D eigenvalue weighted by Gasteiger charge is 2.09. The highest BCUT2D eigenvalue weighted by molar-refractivity contribution is 5.96. The van der Waals surface area contributed by atoms with Crippen molar-refractivity contribution in [2.75, 3.05) is 14.2 Å². The average Bonchev–Trinajstić information content (AvgIpc) is 2.89. The second-order valence-electron chi connectivity index (χ2n) is 7.73. The molecule has 4 N–H and O–H groups in total. The van der Waals surface area contributed by atoms with Crippen molar-refractivity contribution in [3.63, 3.8) is 0 Å². The van der Waals surface area contributed by atoms with Crippen LogP contribution in [0.5, 0.6) is 11.5 Å². The van der Waals surface area contributed by atoms with Gasteiger partial charge in [-0.05, 0) is 61.4 Å². The van der Waals surface area contributed by atoms with E-state index >= 15 is 0 Å². The molecule has 35 heavy (non-hydrogen) atoms. The number of nitrogens with one attached hydrogen (secondary N) is 4. The van der Waals surface area contributed by atoms with Gasteiger partial charge in [0.25, 0.3) is 11.8 Å². The van der Waals surface area contributed by atoms with E-state index in [2.05, 4.69) is 21.7 Å². The molecule has 0 aliphatic carbocycles. The second-order valence-corrected chi connectivity index (χ2v) is 7.73. The zero-order valence-electron chi connectivity index (χ0n) is 20.0. The molecule has 0 saturated heterocycles. The largest absolute Gasteiger partial charge is 0.497 e. The van der Waals surface area contributed by atoms with Crippen LogP contribution in [0.25, 0.3) is 0 Å². The van der Waals surface area contributed by atoms with Gasteiger partial charge < -0.3 is 9.47 Å². The molecular weight excluding hydrogens is 452 g/mol. The fraction of sp³-hybridized carbons (Fsp3) is 0.360. The van der Waals surface area contributed by atoms with Crippen molar-refractivity contribution in [3.05, 3.63) is 59.7 Å². The predicted molar refractivity (Wildman–Crippen MR) is 130 cm³/mol. The summed E-state index contributed by atoms with van der Waals surface area (Å²) in [4.78, 5) is 47.8. The molecule has 0 fully saturated rings. The van der Waals surface area contributed by atoms with Gasteiger partial charge in [-0.25, -0.2) is 0 Å². The molecule has 0 aromatic heterocycles. The van der Waals surface area contributed by atoms with Crippen molar-refractivity contribution in [3.8, 4) is 11.5 Å². The van der Waals surface area contributed by atoms with Gasteiger partial charge in [0.05, 0.1) is 14.2 Å². The van der Waals surface area contributed by atoms with Gasteiger partial charge in [-0.1, -0.05) is 19.3 Å². The van der Waals surface area contributed by atoms with Crippen LogP contribution in [0.4, 0.5) is 0 Å². The van der Waals surface area contributed by atoms with Crippen LogP contribution in [0.15, 0.2) is 48.5 Å². The molecule has 2 aromatic rings. The van der Waals surface area contributed by atoms with Gasteiger partial charge in [-0.3, -0.25) is 40.9 Å². The quantitative estimate of drug-likeness (QED) is 0.270. The third-order valence-corrected chi connectivity index (χ3v) is 5.14. The maximum atomic E-state index is 12.0. The molecular formula is C25H32N4O6. The van der Waals surface area contributed by atoms with E-state index in [0.29, 0.717) is 48.3 Å². The zero-order chi connectivity index (χ0) is 25.5. The molecule has 0 bridgehead atoms. The first-order chi connectivity index (χ1) is 16.9. The van der Waals surface area contributed by atoms with Crippen LogP contribution in [0, 0.1) is 0 Å². The molecule has 0 heterocycles. The number of carbonyl (C=O) groups is 4. The summed E-state index contributed by atoms with van der Waals surface area (Å²) < 4.78 is 10.1. The number of benzene rings is 2. The Morgan fingerprint density at radius 3 is 1.23 bits per heavy atom. The minimum absolute atomic E-state index is 0.265. The van der Waals surface area contributed by atoms with Crippen LogP contribution >= 0.6 is 0 Å². The van der Waals surface area contributed by atoms with Gasteiger partial charge in [-0.15, -0.1) is 0 Å². The number of unbranched alkanes of at least 4 members (excludes halogenated alkanes) is 4. The van der Waals surface area contributed by atoms with Crippen molar-refractivity contribution in [2.45, 2.75) is 44.9 Å². The van der Waals surface area contributed by atoms with Gasteiger partial charge in [0, 0.05) is 24.0 Å². The maximum Gasteiger partial charge on any atom is 0.269 e. The predicted octanol–water partition coefficient (Wildman–Crippen LogP) is 2.66. The number of carbonyl (C=O) groups excluding carboxylic acids is 4. The van der Waals surface area contributed by atoms with E-state index in [1.54, 1.807) is 62.8 Å². The van der Waals surface area contributed by atoms with E-state index in [0.717, 1.165) is 19.3 Å². The Morgan fingerprint density at radius 1 is 0.543 bits per heavy atom. The molecule has 10 heteroatoms. The zero-order valence-corrected chi connectivity index (χ0v) is 20.0. The van der Waals surface area contributed by atoms with Gasteiger partial charge in [0.1, 0.15) is 11.5 Å². The molecule has 0 spiro atoms. The second kappa shape index (κ2) is 14.9. The van der Waals surface area contributed by atoms with Gasteiger partial charge in [-0.2, -0.15) is 0 Å². The molecule has 2 rings (SSSR count). The van der Waals surface area contributed by atoms with Crippen molar-refractivity contribution in [1.82, 2.24) is 21.7 Å². The highest BCUT2D eigenvalue weighted by atomic mass is 16.5. The molecule has 188 valence electrons. The Morgan fingerprint density at radius 2 is 0.886 bits per heavy atom. The van der Waals surface area contributed by atoms with Crippen molar-refractivity contribution < 1.29 is 28.7 Å². The minimum atomic E-state index is -0.403. The summed E-state index contributed by atoms with van der Waals surface area (Å²) in [6.07, 6.45) is 4.46. The van der Waals surface area contributed by atoms with Gasteiger partial charge in [0.15, 0.2) is 0 Å². The number of rotatable bonds is 12. The Kier molecular flexibility index (Phi) is 11.6. The first-order valence-electron chi connectivity index (χ1n) is 11.4. The van der Waals surface area contributed by atoms with E-state index in [-0.39, 0.29) is 11.8 Å². The summed E-state index contributed by atoms with van der Waals surface area (Å²) in [5.41, 5.74) is 10.4. The fourth-order valence-electron chi connectivity index (χ4n) is 3.11. The van der Waals surface area contributed by atoms with E-state index in [1.807, 2.05) is 0 Å². The molecule has 0 aliphatic rings. The number of methoxy groups -OCH3 is 2. The molecule has 10 nitrogen and oxygen atoms in total. The van der Waals surface area contributed by atoms with Crippen molar-refractivity contribution in [1.29, 1.82) is 0 Å². The van der Waals surface area contributed by atoms with Crippen LogP contribution in [0.3, 0.4) is 0 Å². The lowest BCUT2D eigenvalue weighted by Crippen LogP contribution is -2.41. The molecule has 0 atom stereocenters. The maximum absolute atomic E-state index is 12.0. The summed E-state index contributed by atoms with van der Waals surface area (Å²) in [6, 6.07) is 13.1. The normalized spacial score (nSPS) is 10.1. The van der Waals surface area contributed by atoms with Crippen LogP contribution in [-0.2, 0) is 9.59 Å². The molecule has 2 aromatic carbocycles. The first kappa shape index (κ1) is 27.2. The third kappa shape index (κ3) is 10.2. The third-order valence-electron chi connectivity index (χ3n) is 5.14. The lowest BCUT2D eigenvalue weighted by atomic mass is 10.1. The van der Waals surface area contributed by atoms with Gasteiger partial charge in [0.2, 0.25) is 11.8 Å². The lowest BCUT2D eigenvalue weighted by Gasteiger charge is -2.08. The summed E-state index contributed by atoms with van der Waals surface area (Å²) in [5.74, 6) is -0.0537. The Hall–Kier alpha value is -4.08. The van der Waals surface area contributed by atoms with E-state index in [4.69, 9.17) is 9.47 Å². The van der Waals surface area contributed by atoms with E-state index in [1.165, 1.54) is 0 Å². The standard InChI is InChI=1S/C25H32N4O6/c1-34-20-14-10-18(11-15-20)24(32)28-26-22(30)8-6-4-3-5-7-9-23(31)27-29-25(33)19-12-16-21(35-2)17-13-19/h10-17H,3-9H2,1-2H3,(H,26,30)(H,27,31)(H,28,32)(H,29,33). The smallest absolute Gasteiger partial charge is 0.269 e. The lowest BCUT2D eigenvalue weighted by molar-refractivity contribution is -0.122. The molecule has 0 radical (unpaired) electrons. The van der Waals surface area contributed by atoms with Crippen LogP contribution in [0.1, 0.15) is 65.7 Å². The monoisotopic (exact) mass is 484 g/mol. The fourth-order valence-corrected chi connectivity index (χ4v) is 3.11. The summed E-state index contributed by atoms with van der Waals surface area (Å²) in [7, 11) is 3.08. The van der Waals surface area contributed by atoms with Crippen LogP contribution in [0.2, 0.25) is 0 Å². The van der Waals surface area contributed by atoms with Crippen LogP contribution < -0.4 is 31.2 Å². The number of ether oxygens (including phenoxy) is 2. The topological polar surface area (TPSA) is 135 Å². The SMILES string of the molecule is COc1ccc(C(=O)NNC(=O)CCCCCCCC(=O)NNC(=O)c2ccc(OC)cc2)cc1. The molecule has 0 saturated carbocycles. The molecule has 4 amide bonds. The minimum Gasteiger partial charge on any atom is -0.497 e. The van der Waals surface area contributed by atoms with Gasteiger partial charge >= 0.3 is 0 Å². The van der Waals surface area contributed by atoms with E-state index < -0.39 is 11.8 Å². The number of amides is 4. The number of hydrazine groups is 2. The molecule has 0 aliphatic heterocycles. The van der Waals surface area contributed by atoms with Crippen molar-refractivity contribution in [2.24, 2.45) is 0 Å².